The average molecular weight is 180 g/mol. The summed E-state index contributed by atoms with van der Waals surface area (Å²) in [6.45, 7) is 3.74. The highest BCUT2D eigenvalue weighted by molar-refractivity contribution is 7.10. The normalized spacial score (nSPS) is 15.2. The molecule has 0 aliphatic heterocycles. The highest BCUT2D eigenvalue weighted by Crippen LogP contribution is 2.31. The first-order valence-corrected chi connectivity index (χ1v) is 4.66. The summed E-state index contributed by atoms with van der Waals surface area (Å²) in [5, 5.41) is 11.9. The molecule has 0 fully saturated rings. The third kappa shape index (κ3) is 1.69. The van der Waals surface area contributed by atoms with Gasteiger partial charge in [0.15, 0.2) is 0 Å². The topological polar surface area (TPSA) is 20.2 Å². The predicted octanol–water partition coefficient (Wildman–Crippen LogP) is 2.29. The highest BCUT2D eigenvalue weighted by atomic mass is 32.1. The summed E-state index contributed by atoms with van der Waals surface area (Å²) >= 11 is 1.55. The number of thiophene rings is 1. The Bertz CT molecular complexity index is 304. The summed E-state index contributed by atoms with van der Waals surface area (Å²) in [5.41, 5.74) is 0.257. The van der Waals surface area contributed by atoms with Crippen LogP contribution < -0.4 is 0 Å². The van der Waals surface area contributed by atoms with Gasteiger partial charge in [-0.15, -0.1) is 23.7 Å². The van der Waals surface area contributed by atoms with Crippen LogP contribution in [0.2, 0.25) is 0 Å². The maximum atomic E-state index is 9.92. The lowest BCUT2D eigenvalue weighted by Gasteiger charge is -2.19. The lowest BCUT2D eigenvalue weighted by atomic mass is 9.98. The van der Waals surface area contributed by atoms with Gasteiger partial charge in [-0.25, -0.2) is 0 Å². The minimum atomic E-state index is -0.854. The monoisotopic (exact) mass is 180 g/mol. The molecule has 0 aliphatic carbocycles. The first-order valence-electron chi connectivity index (χ1n) is 3.78. The van der Waals surface area contributed by atoms with E-state index < -0.39 is 5.60 Å². The van der Waals surface area contributed by atoms with E-state index in [2.05, 4.69) is 5.92 Å². The van der Waals surface area contributed by atoms with Crippen molar-refractivity contribution in [2.75, 3.05) is 0 Å². The van der Waals surface area contributed by atoms with Crippen molar-refractivity contribution in [1.82, 2.24) is 0 Å². The molecule has 1 nitrogen and oxygen atoms in total. The molecule has 0 aliphatic rings. The maximum Gasteiger partial charge on any atom is 0.107 e. The Morgan fingerprint density at radius 1 is 1.75 bits per heavy atom. The van der Waals surface area contributed by atoms with Gasteiger partial charge in [0.2, 0.25) is 0 Å². The van der Waals surface area contributed by atoms with Crippen molar-refractivity contribution in [2.24, 2.45) is 0 Å². The molecular weight excluding hydrogens is 168 g/mol. The molecule has 64 valence electrons. The fourth-order valence-corrected chi connectivity index (χ4v) is 2.19. The Kier molecular flexibility index (Phi) is 2.56. The van der Waals surface area contributed by atoms with Crippen LogP contribution >= 0.6 is 11.3 Å². The summed E-state index contributed by atoms with van der Waals surface area (Å²) in [4.78, 5) is 0.973. The third-order valence-electron chi connectivity index (χ3n) is 1.80. The summed E-state index contributed by atoms with van der Waals surface area (Å²) in [6.07, 6.45) is 5.53. The van der Waals surface area contributed by atoms with Gasteiger partial charge in [0.1, 0.15) is 5.60 Å². The maximum absolute atomic E-state index is 9.92. The van der Waals surface area contributed by atoms with Gasteiger partial charge in [-0.2, -0.15) is 0 Å². The Morgan fingerprint density at radius 3 is 2.83 bits per heavy atom. The van der Waals surface area contributed by atoms with Gasteiger partial charge in [-0.05, 0) is 30.9 Å². The number of hydrogen-bond donors (Lipinski definition) is 1. The molecule has 0 radical (unpaired) electrons. The van der Waals surface area contributed by atoms with Crippen LogP contribution in [0.5, 0.6) is 0 Å². The molecule has 2 heteroatoms. The minimum Gasteiger partial charge on any atom is -0.384 e. The number of hydrogen-bond acceptors (Lipinski definition) is 2. The van der Waals surface area contributed by atoms with Gasteiger partial charge < -0.3 is 5.11 Å². The number of aliphatic hydroxyl groups is 1. The van der Waals surface area contributed by atoms with Gasteiger partial charge in [0, 0.05) is 11.3 Å². The van der Waals surface area contributed by atoms with E-state index in [0.717, 1.165) is 10.4 Å². The quantitative estimate of drug-likeness (QED) is 0.692. The number of rotatable bonds is 2. The van der Waals surface area contributed by atoms with Gasteiger partial charge in [-0.1, -0.05) is 0 Å². The zero-order valence-electron chi connectivity index (χ0n) is 7.29. The molecule has 1 aromatic rings. The number of aryl methyl sites for hydroxylation is 1. The van der Waals surface area contributed by atoms with E-state index in [1.807, 2.05) is 18.4 Å². The van der Waals surface area contributed by atoms with Gasteiger partial charge >= 0.3 is 0 Å². The number of terminal acetylenes is 1. The van der Waals surface area contributed by atoms with Crippen LogP contribution in [0.3, 0.4) is 0 Å². The molecule has 0 aromatic carbocycles. The van der Waals surface area contributed by atoms with Gasteiger partial charge in [0.05, 0.1) is 0 Å². The Hall–Kier alpha value is -0.780. The van der Waals surface area contributed by atoms with Crippen LogP contribution in [0.15, 0.2) is 11.4 Å². The van der Waals surface area contributed by atoms with E-state index in [-0.39, 0.29) is 0 Å². The first-order chi connectivity index (χ1) is 5.58. The van der Waals surface area contributed by atoms with Crippen molar-refractivity contribution in [3.63, 3.8) is 0 Å². The second kappa shape index (κ2) is 3.30. The molecule has 1 atom stereocenters. The van der Waals surface area contributed by atoms with Crippen molar-refractivity contribution in [1.29, 1.82) is 0 Å². The van der Waals surface area contributed by atoms with Crippen molar-refractivity contribution < 1.29 is 5.11 Å². The van der Waals surface area contributed by atoms with Crippen LogP contribution in [0.4, 0.5) is 0 Å². The van der Waals surface area contributed by atoms with E-state index >= 15 is 0 Å². The van der Waals surface area contributed by atoms with Crippen LogP contribution in [-0.4, -0.2) is 5.11 Å². The van der Waals surface area contributed by atoms with Crippen molar-refractivity contribution >= 4 is 11.3 Å². The fraction of sp³-hybridized carbons (Fsp3) is 0.400. The molecule has 0 saturated carbocycles. The zero-order valence-corrected chi connectivity index (χ0v) is 8.11. The molecule has 1 unspecified atom stereocenters. The first kappa shape index (κ1) is 9.31. The molecule has 1 heterocycles. The fourth-order valence-electron chi connectivity index (χ4n) is 1.20. The van der Waals surface area contributed by atoms with Crippen molar-refractivity contribution in [2.45, 2.75) is 25.9 Å². The van der Waals surface area contributed by atoms with Gasteiger partial charge in [-0.3, -0.25) is 0 Å². The van der Waals surface area contributed by atoms with E-state index in [1.165, 1.54) is 0 Å². The second-order valence-electron chi connectivity index (χ2n) is 3.09. The minimum absolute atomic E-state index is 0.369. The van der Waals surface area contributed by atoms with E-state index in [0.29, 0.717) is 6.42 Å². The van der Waals surface area contributed by atoms with Crippen LogP contribution in [0.1, 0.15) is 23.8 Å². The Balaban J connectivity index is 2.98. The van der Waals surface area contributed by atoms with Crippen LogP contribution in [0.25, 0.3) is 0 Å². The molecular formula is C10H12OS. The molecule has 12 heavy (non-hydrogen) atoms. The summed E-state index contributed by atoms with van der Waals surface area (Å²) < 4.78 is 0. The molecule has 0 amide bonds. The van der Waals surface area contributed by atoms with Crippen LogP contribution in [0, 0.1) is 19.3 Å². The van der Waals surface area contributed by atoms with E-state index in [4.69, 9.17) is 6.42 Å². The van der Waals surface area contributed by atoms with Crippen molar-refractivity contribution in [3.05, 3.63) is 21.9 Å². The molecule has 1 N–H and O–H groups in total. The average Bonchev–Trinajstić information content (AvgIpc) is 2.35. The molecule has 0 saturated heterocycles. The SMILES string of the molecule is C#CCC(C)(O)c1sccc1C. The molecule has 0 spiro atoms. The summed E-state index contributed by atoms with van der Waals surface area (Å²) in [6, 6.07) is 1.99. The van der Waals surface area contributed by atoms with Gasteiger partial charge in [0.25, 0.3) is 0 Å². The standard InChI is InChI=1S/C10H12OS/c1-4-6-10(3,11)9-8(2)5-7-12-9/h1,5,7,11H,6H2,2-3H3. The molecule has 1 aromatic heterocycles. The smallest absolute Gasteiger partial charge is 0.107 e. The lowest BCUT2D eigenvalue weighted by Crippen LogP contribution is -2.19. The second-order valence-corrected chi connectivity index (χ2v) is 4.00. The Labute approximate surface area is 77.1 Å². The summed E-state index contributed by atoms with van der Waals surface area (Å²) in [5.74, 6) is 2.48. The highest BCUT2D eigenvalue weighted by Gasteiger charge is 2.24. The van der Waals surface area contributed by atoms with Crippen molar-refractivity contribution in [3.8, 4) is 12.3 Å². The molecule has 1 rings (SSSR count). The third-order valence-corrected chi connectivity index (χ3v) is 3.07. The lowest BCUT2D eigenvalue weighted by molar-refractivity contribution is 0.0663. The predicted molar refractivity (Wildman–Crippen MR) is 52.1 cm³/mol. The zero-order chi connectivity index (χ0) is 9.19. The van der Waals surface area contributed by atoms with E-state index in [9.17, 15) is 5.11 Å². The summed E-state index contributed by atoms with van der Waals surface area (Å²) in [7, 11) is 0. The van der Waals surface area contributed by atoms with Crippen LogP contribution in [-0.2, 0) is 5.60 Å². The largest absolute Gasteiger partial charge is 0.384 e. The molecule has 0 bridgehead atoms. The Morgan fingerprint density at radius 2 is 2.42 bits per heavy atom. The van der Waals surface area contributed by atoms with E-state index in [1.54, 1.807) is 18.3 Å².